The monoisotopic (exact) mass is 650 g/mol. The number of unbranched alkanes of at least 4 members (excludes halogenated alkanes) is 14. The number of rotatable bonds is 24. The van der Waals surface area contributed by atoms with Crippen molar-refractivity contribution in [1.29, 1.82) is 0 Å². The highest BCUT2D eigenvalue weighted by molar-refractivity contribution is 5.75. The van der Waals surface area contributed by atoms with E-state index >= 15 is 0 Å². The first-order valence-electron chi connectivity index (χ1n) is 16.8. The molecule has 9 atom stereocenters. The molecule has 13 nitrogen and oxygen atoms in total. The number of aliphatic hydroxyl groups is 7. The van der Waals surface area contributed by atoms with Crippen molar-refractivity contribution in [2.45, 2.75) is 171 Å². The van der Waals surface area contributed by atoms with Crippen molar-refractivity contribution in [3.05, 3.63) is 0 Å². The molecule has 2 heterocycles. The third-order valence-corrected chi connectivity index (χ3v) is 8.69. The molecule has 2 fully saturated rings. The van der Waals surface area contributed by atoms with E-state index in [2.05, 4.69) is 0 Å². The predicted molar refractivity (Wildman–Crippen MR) is 162 cm³/mol. The molecule has 0 spiro atoms. The molecule has 7 N–H and O–H groups in total. The molecule has 0 aliphatic carbocycles. The fourth-order valence-corrected chi connectivity index (χ4v) is 5.81. The van der Waals surface area contributed by atoms with Crippen molar-refractivity contribution in [2.75, 3.05) is 19.8 Å². The molecule has 2 aliphatic rings. The molecule has 0 unspecified atom stereocenters. The molecular formula is C32H58O13. The van der Waals surface area contributed by atoms with Crippen LogP contribution < -0.4 is 0 Å². The Morgan fingerprint density at radius 1 is 0.622 bits per heavy atom. The lowest BCUT2D eigenvalue weighted by molar-refractivity contribution is -0.383. The SMILES string of the molecule is CC(=O)CCCCCCCCCCCCCCCCCC(=O)OC[C@@]1(O[C@H]2O[C@H](CO)[C@@H](O)[C@H](O)[C@H]2O)O[C@H](CO)[C@@H](O)[C@@H]1O. The number of aliphatic hydroxyl groups excluding tert-OH is 7. The summed E-state index contributed by atoms with van der Waals surface area (Å²) in [5.41, 5.74) is 0. The number of ether oxygens (including phenoxy) is 4. The number of carbonyl (C=O) groups excluding carboxylic acids is 2. The Morgan fingerprint density at radius 2 is 1.09 bits per heavy atom. The molecule has 0 aromatic carbocycles. The van der Waals surface area contributed by atoms with E-state index in [0.717, 1.165) is 38.5 Å². The first kappa shape index (κ1) is 39.9. The topological polar surface area (TPSA) is 213 Å². The number of ketones is 1. The van der Waals surface area contributed by atoms with Crippen LogP contribution in [0.3, 0.4) is 0 Å². The summed E-state index contributed by atoms with van der Waals surface area (Å²) in [4.78, 5) is 23.4. The maximum Gasteiger partial charge on any atom is 0.305 e. The summed E-state index contributed by atoms with van der Waals surface area (Å²) in [6.07, 6.45) is 4.60. The average Bonchev–Trinajstić information content (AvgIpc) is 3.26. The molecule has 0 saturated carbocycles. The van der Waals surface area contributed by atoms with E-state index in [1.165, 1.54) is 51.4 Å². The largest absolute Gasteiger partial charge is 0.460 e. The fraction of sp³-hybridized carbons (Fsp3) is 0.938. The van der Waals surface area contributed by atoms with Crippen LogP contribution in [0, 0.1) is 0 Å². The second-order valence-corrected chi connectivity index (χ2v) is 12.6. The van der Waals surface area contributed by atoms with Crippen LogP contribution in [0.15, 0.2) is 0 Å². The molecule has 0 aromatic rings. The van der Waals surface area contributed by atoms with E-state index in [0.29, 0.717) is 12.8 Å². The number of Topliss-reactive ketones (excluding diaryl/α,β-unsaturated/α-hetero) is 1. The maximum absolute atomic E-state index is 12.5. The molecule has 2 saturated heterocycles. The van der Waals surface area contributed by atoms with Gasteiger partial charge in [0.1, 0.15) is 55.1 Å². The first-order chi connectivity index (χ1) is 21.6. The predicted octanol–water partition coefficient (Wildman–Crippen LogP) is 1.38. The van der Waals surface area contributed by atoms with Crippen LogP contribution in [0.4, 0.5) is 0 Å². The van der Waals surface area contributed by atoms with Gasteiger partial charge in [0, 0.05) is 12.8 Å². The highest BCUT2D eigenvalue weighted by Crippen LogP contribution is 2.36. The third kappa shape index (κ3) is 13.4. The summed E-state index contributed by atoms with van der Waals surface area (Å²) in [7, 11) is 0. The van der Waals surface area contributed by atoms with Crippen molar-refractivity contribution in [1.82, 2.24) is 0 Å². The summed E-state index contributed by atoms with van der Waals surface area (Å²) in [6.45, 7) is -0.475. The fourth-order valence-electron chi connectivity index (χ4n) is 5.81. The summed E-state index contributed by atoms with van der Waals surface area (Å²) >= 11 is 0. The molecule has 0 amide bonds. The van der Waals surface area contributed by atoms with Crippen LogP contribution in [0.2, 0.25) is 0 Å². The number of hydrogen-bond donors (Lipinski definition) is 7. The van der Waals surface area contributed by atoms with Gasteiger partial charge in [-0.1, -0.05) is 83.5 Å². The van der Waals surface area contributed by atoms with E-state index in [1.807, 2.05) is 0 Å². The van der Waals surface area contributed by atoms with Crippen LogP contribution in [0.1, 0.15) is 116 Å². The summed E-state index contributed by atoms with van der Waals surface area (Å²) < 4.78 is 21.8. The Labute approximate surface area is 266 Å². The normalized spacial score (nSPS) is 31.7. The van der Waals surface area contributed by atoms with Crippen LogP contribution in [0.25, 0.3) is 0 Å². The van der Waals surface area contributed by atoms with Gasteiger partial charge in [0.15, 0.2) is 6.29 Å². The van der Waals surface area contributed by atoms with Crippen molar-refractivity contribution >= 4 is 11.8 Å². The Hall–Kier alpha value is -1.26. The lowest BCUT2D eigenvalue weighted by Gasteiger charge is -2.43. The van der Waals surface area contributed by atoms with Gasteiger partial charge in [0.25, 0.3) is 0 Å². The van der Waals surface area contributed by atoms with Gasteiger partial charge in [-0.05, 0) is 19.8 Å². The summed E-state index contributed by atoms with van der Waals surface area (Å²) in [5, 5.41) is 70.5. The lowest BCUT2D eigenvalue weighted by atomic mass is 9.99. The summed E-state index contributed by atoms with van der Waals surface area (Å²) in [6, 6.07) is 0. The zero-order valence-electron chi connectivity index (χ0n) is 26.8. The number of esters is 1. The van der Waals surface area contributed by atoms with Gasteiger partial charge in [0.05, 0.1) is 13.2 Å². The van der Waals surface area contributed by atoms with Gasteiger partial charge in [-0.15, -0.1) is 0 Å². The Balaban J connectivity index is 1.62. The van der Waals surface area contributed by atoms with Gasteiger partial charge >= 0.3 is 5.97 Å². The highest BCUT2D eigenvalue weighted by atomic mass is 16.8. The standard InChI is InChI=1S/C32H58O13/c1-22(35)17-15-13-11-9-7-5-3-2-4-6-8-10-12-14-16-18-25(36)42-21-32(30(41)27(38)24(20-34)44-32)45-31-29(40)28(39)26(37)23(19-33)43-31/h23-24,26-31,33-34,37-41H,2-21H2,1H3/t23-,24-,26-,27-,28+,29-,30+,31-,32+/m1/s1. The van der Waals surface area contributed by atoms with Crippen molar-refractivity contribution in [3.63, 3.8) is 0 Å². The smallest absolute Gasteiger partial charge is 0.305 e. The number of hydrogen-bond acceptors (Lipinski definition) is 13. The first-order valence-corrected chi connectivity index (χ1v) is 16.8. The third-order valence-electron chi connectivity index (χ3n) is 8.69. The van der Waals surface area contributed by atoms with E-state index < -0.39 is 80.6 Å². The van der Waals surface area contributed by atoms with Gasteiger partial charge in [-0.3, -0.25) is 4.79 Å². The zero-order chi connectivity index (χ0) is 33.2. The van der Waals surface area contributed by atoms with E-state index in [4.69, 9.17) is 18.9 Å². The highest BCUT2D eigenvalue weighted by Gasteiger charge is 2.59. The minimum absolute atomic E-state index is 0.106. The Morgan fingerprint density at radius 3 is 1.53 bits per heavy atom. The van der Waals surface area contributed by atoms with E-state index in [9.17, 15) is 45.3 Å². The van der Waals surface area contributed by atoms with Crippen molar-refractivity contribution < 1.29 is 64.3 Å². The van der Waals surface area contributed by atoms with Crippen LogP contribution in [-0.4, -0.2) is 122 Å². The molecule has 13 heteroatoms. The molecule has 2 rings (SSSR count). The van der Waals surface area contributed by atoms with Gasteiger partial charge in [-0.25, -0.2) is 0 Å². The van der Waals surface area contributed by atoms with Crippen LogP contribution >= 0.6 is 0 Å². The Kier molecular flexibility index (Phi) is 19.1. The van der Waals surface area contributed by atoms with Gasteiger partial charge in [-0.2, -0.15) is 0 Å². The minimum atomic E-state index is -2.26. The minimum Gasteiger partial charge on any atom is -0.460 e. The lowest BCUT2D eigenvalue weighted by Crippen LogP contribution is -2.62. The second-order valence-electron chi connectivity index (χ2n) is 12.6. The molecule has 0 radical (unpaired) electrons. The van der Waals surface area contributed by atoms with Gasteiger partial charge in [0.2, 0.25) is 5.79 Å². The summed E-state index contributed by atoms with van der Waals surface area (Å²) in [5.74, 6) is -2.57. The Bertz CT molecular complexity index is 827. The van der Waals surface area contributed by atoms with Crippen molar-refractivity contribution in [3.8, 4) is 0 Å². The quantitative estimate of drug-likeness (QED) is 0.0582. The van der Waals surface area contributed by atoms with Crippen LogP contribution in [-0.2, 0) is 28.5 Å². The van der Waals surface area contributed by atoms with Gasteiger partial charge < -0.3 is 59.5 Å². The molecule has 2 aliphatic heterocycles. The number of carbonyl (C=O) groups is 2. The maximum atomic E-state index is 12.5. The zero-order valence-corrected chi connectivity index (χ0v) is 26.8. The molecule has 264 valence electrons. The van der Waals surface area contributed by atoms with E-state index in [-0.39, 0.29) is 12.2 Å². The van der Waals surface area contributed by atoms with Crippen molar-refractivity contribution in [2.24, 2.45) is 0 Å². The second kappa shape index (κ2) is 21.6. The molecule has 0 bridgehead atoms. The molecule has 0 aromatic heterocycles. The van der Waals surface area contributed by atoms with E-state index in [1.54, 1.807) is 6.92 Å². The van der Waals surface area contributed by atoms with Crippen LogP contribution in [0.5, 0.6) is 0 Å². The molecular weight excluding hydrogens is 592 g/mol. The molecule has 45 heavy (non-hydrogen) atoms. The average molecular weight is 651 g/mol.